The van der Waals surface area contributed by atoms with E-state index < -0.39 is 7.37 Å². The highest BCUT2D eigenvalue weighted by molar-refractivity contribution is 7.60. The fourth-order valence-corrected chi connectivity index (χ4v) is 2.41. The van der Waals surface area contributed by atoms with Gasteiger partial charge < -0.3 is 4.52 Å². The number of hydrogen-bond donors (Lipinski definition) is 0. The molecule has 0 aliphatic rings. The lowest BCUT2D eigenvalue weighted by Gasteiger charge is -2.12. The first kappa shape index (κ1) is 11.0. The van der Waals surface area contributed by atoms with E-state index in [1.807, 2.05) is 6.07 Å². The molecule has 64 valence electrons. The van der Waals surface area contributed by atoms with Crippen LogP contribution in [0.1, 0.15) is 13.3 Å². The summed E-state index contributed by atoms with van der Waals surface area (Å²) in [6.45, 7) is 2.14. The van der Waals surface area contributed by atoms with Gasteiger partial charge >= 0.3 is 0 Å². The van der Waals surface area contributed by atoms with Crippen LogP contribution in [0.25, 0.3) is 0 Å². The SMILES string of the molecule is CCOP(=O)(CCl)CCC#N. The third-order valence-corrected chi connectivity index (χ3v) is 4.20. The van der Waals surface area contributed by atoms with E-state index in [0.717, 1.165) is 0 Å². The fraction of sp³-hybridized carbons (Fsp3) is 0.833. The molecular weight excluding hydrogens is 184 g/mol. The predicted octanol–water partition coefficient (Wildman–Crippen LogP) is 2.41. The normalized spacial score (nSPS) is 15.4. The van der Waals surface area contributed by atoms with Crippen LogP contribution in [0.2, 0.25) is 0 Å². The van der Waals surface area contributed by atoms with Crippen LogP contribution in [0.15, 0.2) is 0 Å². The molecule has 0 N–H and O–H groups in total. The van der Waals surface area contributed by atoms with Crippen LogP contribution >= 0.6 is 19.0 Å². The van der Waals surface area contributed by atoms with Crippen molar-refractivity contribution >= 4 is 19.0 Å². The Morgan fingerprint density at radius 2 is 2.36 bits per heavy atom. The molecule has 0 saturated heterocycles. The molecule has 1 unspecified atom stereocenters. The molecule has 0 aromatic heterocycles. The molecule has 0 aromatic rings. The third kappa shape index (κ3) is 4.42. The first-order chi connectivity index (χ1) is 5.18. The van der Waals surface area contributed by atoms with Crippen LogP contribution in [0.5, 0.6) is 0 Å². The van der Waals surface area contributed by atoms with E-state index in [-0.39, 0.29) is 18.2 Å². The molecule has 0 heterocycles. The van der Waals surface area contributed by atoms with Crippen molar-refractivity contribution in [3.05, 3.63) is 0 Å². The molecule has 11 heavy (non-hydrogen) atoms. The molecule has 5 heteroatoms. The smallest absolute Gasteiger partial charge is 0.218 e. The van der Waals surface area contributed by atoms with Gasteiger partial charge in [0, 0.05) is 12.6 Å². The second kappa shape index (κ2) is 5.60. The minimum atomic E-state index is -2.67. The average molecular weight is 196 g/mol. The van der Waals surface area contributed by atoms with Crippen molar-refractivity contribution in [3.63, 3.8) is 0 Å². The quantitative estimate of drug-likeness (QED) is 0.500. The Kier molecular flexibility index (Phi) is 5.58. The van der Waals surface area contributed by atoms with Gasteiger partial charge in [-0.1, -0.05) is 0 Å². The van der Waals surface area contributed by atoms with E-state index in [9.17, 15) is 4.57 Å². The molecule has 0 fully saturated rings. The van der Waals surface area contributed by atoms with Crippen LogP contribution in [-0.4, -0.2) is 18.4 Å². The highest BCUT2D eigenvalue weighted by Crippen LogP contribution is 2.47. The van der Waals surface area contributed by atoms with Gasteiger partial charge in [0.2, 0.25) is 7.37 Å². The summed E-state index contributed by atoms with van der Waals surface area (Å²) in [5.41, 5.74) is 0.00250. The molecule has 3 nitrogen and oxygen atoms in total. The summed E-state index contributed by atoms with van der Waals surface area (Å²) in [5.74, 6) is 0. The minimum Gasteiger partial charge on any atom is -0.328 e. The highest BCUT2D eigenvalue weighted by Gasteiger charge is 2.19. The van der Waals surface area contributed by atoms with E-state index >= 15 is 0 Å². The Morgan fingerprint density at radius 3 is 2.73 bits per heavy atom. The predicted molar refractivity (Wildman–Crippen MR) is 45.0 cm³/mol. The van der Waals surface area contributed by atoms with Gasteiger partial charge in [-0.25, -0.2) is 0 Å². The Labute approximate surface area is 71.7 Å². The van der Waals surface area contributed by atoms with Crippen molar-refractivity contribution < 1.29 is 9.09 Å². The van der Waals surface area contributed by atoms with Gasteiger partial charge in [0.15, 0.2) is 0 Å². The summed E-state index contributed by atoms with van der Waals surface area (Å²) >= 11 is 5.43. The van der Waals surface area contributed by atoms with Gasteiger partial charge in [0.05, 0.1) is 18.3 Å². The molecule has 0 radical (unpaired) electrons. The Balaban J connectivity index is 3.91. The van der Waals surface area contributed by atoms with Gasteiger partial charge in [-0.2, -0.15) is 5.26 Å². The van der Waals surface area contributed by atoms with Gasteiger partial charge in [0.25, 0.3) is 0 Å². The van der Waals surface area contributed by atoms with Gasteiger partial charge in [-0.3, -0.25) is 4.57 Å². The molecule has 0 bridgehead atoms. The summed E-state index contributed by atoms with van der Waals surface area (Å²) in [5, 5.41) is 8.22. The average Bonchev–Trinajstić information content (AvgIpc) is 2.02. The monoisotopic (exact) mass is 195 g/mol. The number of nitrogens with zero attached hydrogens (tertiary/aromatic N) is 1. The van der Waals surface area contributed by atoms with Gasteiger partial charge in [-0.15, -0.1) is 11.6 Å². The molecule has 1 atom stereocenters. The second-order valence-electron chi connectivity index (χ2n) is 1.98. The maximum absolute atomic E-state index is 11.4. The van der Waals surface area contributed by atoms with Crippen LogP contribution in [0.4, 0.5) is 0 Å². The van der Waals surface area contributed by atoms with Crippen molar-refractivity contribution in [2.75, 3.05) is 18.4 Å². The van der Waals surface area contributed by atoms with Crippen LogP contribution in [0.3, 0.4) is 0 Å². The lowest BCUT2D eigenvalue weighted by Crippen LogP contribution is -1.95. The maximum Gasteiger partial charge on any atom is 0.218 e. The standard InChI is InChI=1S/C6H11ClNO2P/c1-2-10-11(9,6-7)5-3-4-8/h2-3,5-6H2,1H3. The van der Waals surface area contributed by atoms with E-state index in [4.69, 9.17) is 21.4 Å². The zero-order valence-corrected chi connectivity index (χ0v) is 8.07. The molecule has 0 aliphatic carbocycles. The molecule has 0 aromatic carbocycles. The Morgan fingerprint density at radius 1 is 1.73 bits per heavy atom. The van der Waals surface area contributed by atoms with E-state index in [1.54, 1.807) is 6.92 Å². The summed E-state index contributed by atoms with van der Waals surface area (Å²) < 4.78 is 16.4. The topological polar surface area (TPSA) is 50.1 Å². The van der Waals surface area contributed by atoms with Crippen LogP contribution in [-0.2, 0) is 9.09 Å². The molecular formula is C6H11ClNO2P. The Hall–Kier alpha value is -0.0300. The van der Waals surface area contributed by atoms with Crippen LogP contribution < -0.4 is 0 Å². The van der Waals surface area contributed by atoms with Crippen LogP contribution in [0, 0.1) is 11.3 Å². The van der Waals surface area contributed by atoms with Gasteiger partial charge in [0.1, 0.15) is 0 Å². The zero-order valence-electron chi connectivity index (χ0n) is 6.42. The number of halogens is 1. The summed E-state index contributed by atoms with van der Waals surface area (Å²) in [6, 6.07) is 1.91. The fourth-order valence-electron chi connectivity index (χ4n) is 0.614. The molecule has 0 rings (SSSR count). The number of nitriles is 1. The van der Waals surface area contributed by atoms with Gasteiger partial charge in [-0.05, 0) is 6.92 Å². The summed E-state index contributed by atoms with van der Waals surface area (Å²) in [7, 11) is -2.67. The summed E-state index contributed by atoms with van der Waals surface area (Å²) in [4.78, 5) is 0. The molecule has 0 aliphatic heterocycles. The second-order valence-corrected chi connectivity index (χ2v) is 5.27. The maximum atomic E-state index is 11.4. The van der Waals surface area contributed by atoms with Crippen molar-refractivity contribution in [1.82, 2.24) is 0 Å². The number of alkyl halides is 1. The lowest BCUT2D eigenvalue weighted by molar-refractivity contribution is 0.336. The van der Waals surface area contributed by atoms with Crippen molar-refractivity contribution in [2.45, 2.75) is 13.3 Å². The van der Waals surface area contributed by atoms with Crippen molar-refractivity contribution in [1.29, 1.82) is 5.26 Å². The van der Waals surface area contributed by atoms with Crippen molar-refractivity contribution in [3.8, 4) is 6.07 Å². The minimum absolute atomic E-state index is 0.00250. The zero-order chi connectivity index (χ0) is 8.74. The van der Waals surface area contributed by atoms with E-state index in [0.29, 0.717) is 6.61 Å². The molecule has 0 saturated carbocycles. The summed E-state index contributed by atoms with van der Waals surface area (Å²) in [6.07, 6.45) is 0.505. The first-order valence-electron chi connectivity index (χ1n) is 3.34. The third-order valence-electron chi connectivity index (χ3n) is 1.11. The van der Waals surface area contributed by atoms with E-state index in [2.05, 4.69) is 0 Å². The Bertz CT molecular complexity index is 190. The first-order valence-corrected chi connectivity index (χ1v) is 5.87. The van der Waals surface area contributed by atoms with Crippen molar-refractivity contribution in [2.24, 2.45) is 0 Å². The lowest BCUT2D eigenvalue weighted by atomic mass is 10.6. The largest absolute Gasteiger partial charge is 0.328 e. The number of rotatable bonds is 5. The molecule has 0 spiro atoms. The highest BCUT2D eigenvalue weighted by atomic mass is 35.5. The number of hydrogen-bond acceptors (Lipinski definition) is 3. The van der Waals surface area contributed by atoms with E-state index in [1.165, 1.54) is 0 Å². The molecule has 0 amide bonds.